The second-order valence-electron chi connectivity index (χ2n) is 1.86. The second-order valence-corrected chi connectivity index (χ2v) is 4.78. The van der Waals surface area contributed by atoms with Crippen molar-refractivity contribution in [3.05, 3.63) is 0 Å². The molecule has 9 heavy (non-hydrogen) atoms. The SMILES string of the molecule is CC[SH](CC)CC(=O)O. The molecule has 0 aromatic heterocycles. The Morgan fingerprint density at radius 3 is 2.00 bits per heavy atom. The summed E-state index contributed by atoms with van der Waals surface area (Å²) in [6.07, 6.45) is 0. The maximum Gasteiger partial charge on any atom is 0.311 e. The Kier molecular flexibility index (Phi) is 4.58. The van der Waals surface area contributed by atoms with Crippen LogP contribution in [0.2, 0.25) is 0 Å². The summed E-state index contributed by atoms with van der Waals surface area (Å²) >= 11 is 0. The summed E-state index contributed by atoms with van der Waals surface area (Å²) in [6, 6.07) is 0. The molecule has 0 aliphatic heterocycles. The maximum absolute atomic E-state index is 10.1. The molecule has 0 heterocycles. The van der Waals surface area contributed by atoms with E-state index in [1.807, 2.05) is 0 Å². The fraction of sp³-hybridized carbons (Fsp3) is 0.833. The van der Waals surface area contributed by atoms with Crippen LogP contribution < -0.4 is 0 Å². The summed E-state index contributed by atoms with van der Waals surface area (Å²) in [6.45, 7) is 4.11. The van der Waals surface area contributed by atoms with E-state index in [0.29, 0.717) is 5.75 Å². The van der Waals surface area contributed by atoms with Gasteiger partial charge < -0.3 is 5.11 Å². The fourth-order valence-corrected chi connectivity index (χ4v) is 1.92. The largest absolute Gasteiger partial charge is 0.481 e. The molecule has 0 spiro atoms. The van der Waals surface area contributed by atoms with Crippen LogP contribution in [0.4, 0.5) is 0 Å². The lowest BCUT2D eigenvalue weighted by molar-refractivity contribution is -0.133. The van der Waals surface area contributed by atoms with Gasteiger partial charge in [-0.25, -0.2) is 10.9 Å². The predicted octanol–water partition coefficient (Wildman–Crippen LogP) is 1.11. The van der Waals surface area contributed by atoms with Gasteiger partial charge in [-0.1, -0.05) is 13.8 Å². The minimum absolute atomic E-state index is 0.195. The summed E-state index contributed by atoms with van der Waals surface area (Å²) in [7, 11) is -0.195. The molecule has 0 aliphatic carbocycles. The number of carboxylic acid groups (broad SMARTS) is 1. The molecule has 0 saturated heterocycles. The normalized spacial score (nSPS) is 11.1. The number of hydrogen-bond acceptors (Lipinski definition) is 1. The summed E-state index contributed by atoms with van der Waals surface area (Å²) in [5, 5.41) is 8.36. The van der Waals surface area contributed by atoms with E-state index in [-0.39, 0.29) is 10.9 Å². The van der Waals surface area contributed by atoms with Crippen molar-refractivity contribution in [2.45, 2.75) is 13.8 Å². The van der Waals surface area contributed by atoms with E-state index in [2.05, 4.69) is 13.8 Å². The maximum atomic E-state index is 10.1. The monoisotopic (exact) mass is 150 g/mol. The van der Waals surface area contributed by atoms with Crippen molar-refractivity contribution in [2.24, 2.45) is 0 Å². The predicted molar refractivity (Wildman–Crippen MR) is 42.6 cm³/mol. The van der Waals surface area contributed by atoms with Crippen LogP contribution in [0, 0.1) is 0 Å². The highest BCUT2D eigenvalue weighted by molar-refractivity contribution is 8.17. The van der Waals surface area contributed by atoms with Crippen molar-refractivity contribution in [1.82, 2.24) is 0 Å². The number of aliphatic carboxylic acids is 1. The molecule has 2 nitrogen and oxygen atoms in total. The lowest BCUT2D eigenvalue weighted by atomic mass is 10.8. The molecule has 56 valence electrons. The number of thiol groups is 1. The van der Waals surface area contributed by atoms with Gasteiger partial charge in [0.05, 0.1) is 5.75 Å². The van der Waals surface area contributed by atoms with Crippen molar-refractivity contribution >= 4 is 16.9 Å². The fourth-order valence-electron chi connectivity index (χ4n) is 0.639. The van der Waals surface area contributed by atoms with Crippen LogP contribution in [-0.2, 0) is 4.79 Å². The third-order valence-corrected chi connectivity index (χ3v) is 3.76. The lowest BCUT2D eigenvalue weighted by Gasteiger charge is -2.12. The molecule has 0 radical (unpaired) electrons. The van der Waals surface area contributed by atoms with E-state index in [1.54, 1.807) is 0 Å². The first-order chi connectivity index (χ1) is 4.20. The van der Waals surface area contributed by atoms with Crippen LogP contribution in [-0.4, -0.2) is 28.3 Å². The zero-order valence-electron chi connectivity index (χ0n) is 5.92. The van der Waals surface area contributed by atoms with Gasteiger partial charge in [-0.05, 0) is 11.5 Å². The molecule has 0 rings (SSSR count). The third kappa shape index (κ3) is 4.33. The van der Waals surface area contributed by atoms with Crippen LogP contribution >= 0.6 is 10.9 Å². The summed E-state index contributed by atoms with van der Waals surface area (Å²) in [5.74, 6) is 1.82. The lowest BCUT2D eigenvalue weighted by Crippen LogP contribution is -2.05. The topological polar surface area (TPSA) is 37.3 Å². The van der Waals surface area contributed by atoms with Crippen molar-refractivity contribution in [3.63, 3.8) is 0 Å². The number of carbonyl (C=O) groups is 1. The van der Waals surface area contributed by atoms with Crippen molar-refractivity contribution in [1.29, 1.82) is 0 Å². The van der Waals surface area contributed by atoms with Crippen molar-refractivity contribution < 1.29 is 9.90 Å². The second kappa shape index (κ2) is 4.68. The molecule has 0 aromatic carbocycles. The molecule has 0 aromatic rings. The Balaban J connectivity index is 3.43. The highest BCUT2D eigenvalue weighted by Crippen LogP contribution is 2.22. The third-order valence-electron chi connectivity index (χ3n) is 1.25. The van der Waals surface area contributed by atoms with Gasteiger partial charge in [0.1, 0.15) is 0 Å². The van der Waals surface area contributed by atoms with E-state index in [0.717, 1.165) is 11.5 Å². The standard InChI is InChI=1S/C6H14O2S/c1-3-9(4-2)5-6(7)8/h9H,3-5H2,1-2H3,(H,7,8). The molecular formula is C6H14O2S. The van der Waals surface area contributed by atoms with Gasteiger partial charge >= 0.3 is 5.97 Å². The first-order valence-electron chi connectivity index (χ1n) is 3.14. The molecule has 0 fully saturated rings. The summed E-state index contributed by atoms with van der Waals surface area (Å²) in [4.78, 5) is 10.1. The van der Waals surface area contributed by atoms with Gasteiger partial charge in [-0.15, -0.1) is 0 Å². The van der Waals surface area contributed by atoms with Crippen molar-refractivity contribution in [2.75, 3.05) is 17.3 Å². The Labute approximate surface area is 58.6 Å². The highest BCUT2D eigenvalue weighted by atomic mass is 32.2. The van der Waals surface area contributed by atoms with Gasteiger partial charge in [0, 0.05) is 0 Å². The first-order valence-corrected chi connectivity index (χ1v) is 5.04. The van der Waals surface area contributed by atoms with Crippen LogP contribution in [0.25, 0.3) is 0 Å². The number of carboxylic acids is 1. The quantitative estimate of drug-likeness (QED) is 0.589. The minimum atomic E-state index is -0.648. The van der Waals surface area contributed by atoms with E-state index in [4.69, 9.17) is 5.11 Å². The molecule has 0 unspecified atom stereocenters. The van der Waals surface area contributed by atoms with Gasteiger partial charge in [0.15, 0.2) is 0 Å². The van der Waals surface area contributed by atoms with Gasteiger partial charge in [-0.2, -0.15) is 0 Å². The van der Waals surface area contributed by atoms with Gasteiger partial charge in [-0.3, -0.25) is 4.79 Å². The zero-order valence-corrected chi connectivity index (χ0v) is 6.82. The highest BCUT2D eigenvalue weighted by Gasteiger charge is 2.02. The average Bonchev–Trinajstić information content (AvgIpc) is 1.82. The Morgan fingerprint density at radius 2 is 1.89 bits per heavy atom. The van der Waals surface area contributed by atoms with E-state index in [1.165, 1.54) is 0 Å². The Hall–Kier alpha value is -0.180. The van der Waals surface area contributed by atoms with Crippen LogP contribution in [0.15, 0.2) is 0 Å². The average molecular weight is 150 g/mol. The minimum Gasteiger partial charge on any atom is -0.481 e. The molecule has 0 aliphatic rings. The van der Waals surface area contributed by atoms with E-state index < -0.39 is 5.97 Å². The number of rotatable bonds is 4. The smallest absolute Gasteiger partial charge is 0.311 e. The van der Waals surface area contributed by atoms with Crippen molar-refractivity contribution in [3.8, 4) is 0 Å². The summed E-state index contributed by atoms with van der Waals surface area (Å²) in [5.41, 5.74) is 0. The molecular weight excluding hydrogens is 136 g/mol. The molecule has 0 amide bonds. The Morgan fingerprint density at radius 1 is 1.44 bits per heavy atom. The van der Waals surface area contributed by atoms with Gasteiger partial charge in [0.25, 0.3) is 0 Å². The van der Waals surface area contributed by atoms with Crippen LogP contribution in [0.5, 0.6) is 0 Å². The van der Waals surface area contributed by atoms with Gasteiger partial charge in [0.2, 0.25) is 0 Å². The molecule has 0 bridgehead atoms. The van der Waals surface area contributed by atoms with E-state index in [9.17, 15) is 4.79 Å². The first kappa shape index (κ1) is 8.82. The molecule has 1 N–H and O–H groups in total. The molecule has 0 atom stereocenters. The zero-order chi connectivity index (χ0) is 7.28. The molecule has 0 saturated carbocycles. The molecule has 3 heteroatoms. The number of hydrogen-bond donors (Lipinski definition) is 2. The van der Waals surface area contributed by atoms with Crippen LogP contribution in [0.3, 0.4) is 0 Å². The van der Waals surface area contributed by atoms with Crippen LogP contribution in [0.1, 0.15) is 13.8 Å². The Bertz CT molecular complexity index is 89.1. The summed E-state index contributed by atoms with van der Waals surface area (Å²) < 4.78 is 0. The van der Waals surface area contributed by atoms with E-state index >= 15 is 0 Å².